The molecule has 2 heteroatoms. The highest BCUT2D eigenvalue weighted by molar-refractivity contribution is 5.73. The Morgan fingerprint density at radius 3 is 2.64 bits per heavy atom. The lowest BCUT2D eigenvalue weighted by Crippen LogP contribution is -2.09. The average Bonchev–Trinajstić information content (AvgIpc) is 1.96. The third-order valence-corrected chi connectivity index (χ3v) is 1.45. The van der Waals surface area contributed by atoms with Crippen molar-refractivity contribution in [2.24, 2.45) is 5.73 Å². The molecule has 1 amide bonds. The molecule has 0 saturated carbocycles. The van der Waals surface area contributed by atoms with Gasteiger partial charge in [-0.1, -0.05) is 19.1 Å². The lowest BCUT2D eigenvalue weighted by Gasteiger charge is -1.92. The number of carbonyl (C=O) groups excluding carboxylic acids is 1. The fourth-order valence-electron chi connectivity index (χ4n) is 0.846. The summed E-state index contributed by atoms with van der Waals surface area (Å²) in [7, 11) is 0. The lowest BCUT2D eigenvalue weighted by molar-refractivity contribution is -0.118. The Morgan fingerprint density at radius 1 is 1.36 bits per heavy atom. The quantitative estimate of drug-likeness (QED) is 0.462. The third kappa shape index (κ3) is 9.21. The van der Waals surface area contributed by atoms with Crippen LogP contribution in [0, 0.1) is 0 Å². The zero-order valence-corrected chi connectivity index (χ0v) is 7.18. The maximum absolute atomic E-state index is 10.3. The summed E-state index contributed by atoms with van der Waals surface area (Å²) >= 11 is 0. The molecule has 64 valence electrons. The number of carbonyl (C=O) groups is 1. The third-order valence-electron chi connectivity index (χ3n) is 1.45. The van der Waals surface area contributed by atoms with E-state index in [0.717, 1.165) is 25.7 Å². The van der Waals surface area contributed by atoms with Crippen LogP contribution in [-0.2, 0) is 4.79 Å². The SMILES string of the molecule is CC/C=C/CCCCC(N)=O. The Kier molecular flexibility index (Phi) is 6.79. The molecule has 2 N–H and O–H groups in total. The molecule has 0 aromatic carbocycles. The predicted octanol–water partition coefficient (Wildman–Crippen LogP) is 2.00. The van der Waals surface area contributed by atoms with Crippen LogP contribution < -0.4 is 5.73 Å². The van der Waals surface area contributed by atoms with Crippen LogP contribution in [0.1, 0.15) is 39.0 Å². The first-order chi connectivity index (χ1) is 5.27. The Bertz CT molecular complexity index is 130. The summed E-state index contributed by atoms with van der Waals surface area (Å²) in [5.41, 5.74) is 4.98. The molecule has 0 unspecified atom stereocenters. The Morgan fingerprint density at radius 2 is 2.09 bits per heavy atom. The van der Waals surface area contributed by atoms with E-state index in [9.17, 15) is 4.79 Å². The highest BCUT2D eigenvalue weighted by Crippen LogP contribution is 2.00. The molecule has 0 radical (unpaired) electrons. The first-order valence-corrected chi connectivity index (χ1v) is 4.20. The zero-order chi connectivity index (χ0) is 8.53. The average molecular weight is 155 g/mol. The highest BCUT2D eigenvalue weighted by atomic mass is 16.1. The Balaban J connectivity index is 3.02. The number of allylic oxidation sites excluding steroid dienone is 2. The summed E-state index contributed by atoms with van der Waals surface area (Å²) in [4.78, 5) is 10.3. The standard InChI is InChI=1S/C9H17NO/c1-2-3-4-5-6-7-8-9(10)11/h3-4H,2,5-8H2,1H3,(H2,10,11)/b4-3+. The van der Waals surface area contributed by atoms with Crippen LogP contribution in [0.25, 0.3) is 0 Å². The van der Waals surface area contributed by atoms with Crippen molar-refractivity contribution in [2.45, 2.75) is 39.0 Å². The van der Waals surface area contributed by atoms with Crippen molar-refractivity contribution < 1.29 is 4.79 Å². The molecule has 0 aliphatic rings. The number of rotatable bonds is 6. The van der Waals surface area contributed by atoms with Gasteiger partial charge in [0.05, 0.1) is 0 Å². The molecule has 0 aromatic heterocycles. The summed E-state index contributed by atoms with van der Waals surface area (Å²) < 4.78 is 0. The lowest BCUT2D eigenvalue weighted by atomic mass is 10.2. The summed E-state index contributed by atoms with van der Waals surface area (Å²) in [5.74, 6) is -0.190. The second-order valence-electron chi connectivity index (χ2n) is 2.59. The van der Waals surface area contributed by atoms with Gasteiger partial charge in [0.1, 0.15) is 0 Å². The largest absolute Gasteiger partial charge is 0.370 e. The highest BCUT2D eigenvalue weighted by Gasteiger charge is 1.91. The van der Waals surface area contributed by atoms with E-state index in [0.29, 0.717) is 6.42 Å². The molecular weight excluding hydrogens is 138 g/mol. The molecule has 11 heavy (non-hydrogen) atoms. The minimum Gasteiger partial charge on any atom is -0.370 e. The van der Waals surface area contributed by atoms with Crippen molar-refractivity contribution in [1.29, 1.82) is 0 Å². The van der Waals surface area contributed by atoms with E-state index in [1.165, 1.54) is 0 Å². The summed E-state index contributed by atoms with van der Waals surface area (Å²) in [6.07, 6.45) is 8.98. The van der Waals surface area contributed by atoms with Crippen LogP contribution in [-0.4, -0.2) is 5.91 Å². The van der Waals surface area contributed by atoms with Gasteiger partial charge in [-0.25, -0.2) is 0 Å². The van der Waals surface area contributed by atoms with E-state index in [1.54, 1.807) is 0 Å². The van der Waals surface area contributed by atoms with Gasteiger partial charge in [-0.05, 0) is 25.7 Å². The van der Waals surface area contributed by atoms with Crippen molar-refractivity contribution in [3.05, 3.63) is 12.2 Å². The smallest absolute Gasteiger partial charge is 0.217 e. The number of unbranched alkanes of at least 4 members (excludes halogenated alkanes) is 2. The van der Waals surface area contributed by atoms with Crippen molar-refractivity contribution in [3.8, 4) is 0 Å². The predicted molar refractivity (Wildman–Crippen MR) is 47.1 cm³/mol. The monoisotopic (exact) mass is 155 g/mol. The van der Waals surface area contributed by atoms with Gasteiger partial charge in [0.25, 0.3) is 0 Å². The van der Waals surface area contributed by atoms with Crippen LogP contribution >= 0.6 is 0 Å². The number of hydrogen-bond donors (Lipinski definition) is 1. The second-order valence-corrected chi connectivity index (χ2v) is 2.59. The maximum Gasteiger partial charge on any atom is 0.217 e. The van der Waals surface area contributed by atoms with Crippen molar-refractivity contribution in [1.82, 2.24) is 0 Å². The molecule has 2 nitrogen and oxygen atoms in total. The van der Waals surface area contributed by atoms with Crippen LogP contribution in [0.15, 0.2) is 12.2 Å². The normalized spacial score (nSPS) is 10.6. The molecule has 0 rings (SSSR count). The summed E-state index contributed by atoms with van der Waals surface area (Å²) in [6.45, 7) is 2.11. The minimum absolute atomic E-state index is 0.190. The van der Waals surface area contributed by atoms with Crippen LogP contribution in [0.4, 0.5) is 0 Å². The van der Waals surface area contributed by atoms with Crippen molar-refractivity contribution in [3.63, 3.8) is 0 Å². The summed E-state index contributed by atoms with van der Waals surface area (Å²) in [5, 5.41) is 0. The number of nitrogens with two attached hydrogens (primary N) is 1. The maximum atomic E-state index is 10.3. The van der Waals surface area contributed by atoms with E-state index < -0.39 is 0 Å². The van der Waals surface area contributed by atoms with E-state index in [2.05, 4.69) is 19.1 Å². The van der Waals surface area contributed by atoms with Gasteiger partial charge in [-0.2, -0.15) is 0 Å². The zero-order valence-electron chi connectivity index (χ0n) is 7.18. The summed E-state index contributed by atoms with van der Waals surface area (Å²) in [6, 6.07) is 0. The topological polar surface area (TPSA) is 43.1 Å². The van der Waals surface area contributed by atoms with Gasteiger partial charge < -0.3 is 5.73 Å². The van der Waals surface area contributed by atoms with E-state index >= 15 is 0 Å². The van der Waals surface area contributed by atoms with Crippen LogP contribution in [0.2, 0.25) is 0 Å². The Labute approximate surface area is 68.5 Å². The van der Waals surface area contributed by atoms with Gasteiger partial charge in [0.2, 0.25) is 5.91 Å². The second kappa shape index (κ2) is 7.32. The van der Waals surface area contributed by atoms with Gasteiger partial charge in [0.15, 0.2) is 0 Å². The minimum atomic E-state index is -0.190. The molecule has 0 spiro atoms. The molecule has 0 aliphatic heterocycles. The molecular formula is C9H17NO. The van der Waals surface area contributed by atoms with Crippen LogP contribution in [0.3, 0.4) is 0 Å². The van der Waals surface area contributed by atoms with E-state index in [4.69, 9.17) is 5.73 Å². The molecule has 0 saturated heterocycles. The van der Waals surface area contributed by atoms with Crippen molar-refractivity contribution in [2.75, 3.05) is 0 Å². The first kappa shape index (κ1) is 10.2. The van der Waals surface area contributed by atoms with Gasteiger partial charge in [-0.15, -0.1) is 0 Å². The van der Waals surface area contributed by atoms with Gasteiger partial charge in [-0.3, -0.25) is 4.79 Å². The fourth-order valence-corrected chi connectivity index (χ4v) is 0.846. The van der Waals surface area contributed by atoms with Crippen molar-refractivity contribution >= 4 is 5.91 Å². The molecule has 0 heterocycles. The molecule has 0 aromatic rings. The van der Waals surface area contributed by atoms with Gasteiger partial charge >= 0.3 is 0 Å². The van der Waals surface area contributed by atoms with Gasteiger partial charge in [0, 0.05) is 6.42 Å². The molecule has 0 atom stereocenters. The number of primary amides is 1. The molecule has 0 aliphatic carbocycles. The fraction of sp³-hybridized carbons (Fsp3) is 0.667. The van der Waals surface area contributed by atoms with Crippen LogP contribution in [0.5, 0.6) is 0 Å². The number of amides is 1. The Hall–Kier alpha value is -0.790. The van der Waals surface area contributed by atoms with E-state index in [-0.39, 0.29) is 5.91 Å². The number of hydrogen-bond acceptors (Lipinski definition) is 1. The molecule has 0 fully saturated rings. The molecule has 0 bridgehead atoms. The first-order valence-electron chi connectivity index (χ1n) is 4.20. The van der Waals surface area contributed by atoms with E-state index in [1.807, 2.05) is 0 Å².